The molecule has 3 rings (SSSR count). The second kappa shape index (κ2) is 5.74. The van der Waals surface area contributed by atoms with Crippen LogP contribution < -0.4 is 5.73 Å². The third-order valence-electron chi connectivity index (χ3n) is 3.83. The third kappa shape index (κ3) is 2.72. The van der Waals surface area contributed by atoms with Crippen LogP contribution >= 0.6 is 11.6 Å². The molecule has 0 spiro atoms. The standard InChI is InChI=1S/C16H16ClN3O/c17-12-5-6-14(18)13(9-12)16(21)20-8-2-4-15(20)11-3-1-7-19-10-11/h1,3,5-7,9-10,15H,2,4,8,18H2. The molecule has 0 aliphatic carbocycles. The Morgan fingerprint density at radius 1 is 1.38 bits per heavy atom. The summed E-state index contributed by atoms with van der Waals surface area (Å²) in [6, 6.07) is 8.96. The van der Waals surface area contributed by atoms with Crippen molar-refractivity contribution in [3.05, 3.63) is 58.9 Å². The molecule has 0 radical (unpaired) electrons. The predicted molar refractivity (Wildman–Crippen MR) is 83.1 cm³/mol. The fraction of sp³-hybridized carbons (Fsp3) is 0.250. The molecular formula is C16H16ClN3O. The number of anilines is 1. The highest BCUT2D eigenvalue weighted by Gasteiger charge is 2.31. The van der Waals surface area contributed by atoms with Gasteiger partial charge in [-0.25, -0.2) is 0 Å². The normalized spacial score (nSPS) is 18.0. The van der Waals surface area contributed by atoms with Crippen LogP contribution in [0.25, 0.3) is 0 Å². The Morgan fingerprint density at radius 3 is 3.00 bits per heavy atom. The first kappa shape index (κ1) is 13.9. The van der Waals surface area contributed by atoms with Crippen LogP contribution in [-0.2, 0) is 0 Å². The van der Waals surface area contributed by atoms with E-state index in [1.54, 1.807) is 24.4 Å². The van der Waals surface area contributed by atoms with E-state index in [9.17, 15) is 4.79 Å². The number of amides is 1. The molecule has 108 valence electrons. The summed E-state index contributed by atoms with van der Waals surface area (Å²) < 4.78 is 0. The van der Waals surface area contributed by atoms with E-state index in [0.717, 1.165) is 24.9 Å². The molecule has 0 saturated carbocycles. The van der Waals surface area contributed by atoms with Gasteiger partial charge in [-0.3, -0.25) is 9.78 Å². The van der Waals surface area contributed by atoms with Crippen molar-refractivity contribution in [2.75, 3.05) is 12.3 Å². The number of benzene rings is 1. The molecule has 1 fully saturated rings. The van der Waals surface area contributed by atoms with Crippen molar-refractivity contribution in [1.82, 2.24) is 9.88 Å². The van der Waals surface area contributed by atoms with E-state index in [4.69, 9.17) is 17.3 Å². The van der Waals surface area contributed by atoms with Gasteiger partial charge in [-0.05, 0) is 42.7 Å². The summed E-state index contributed by atoms with van der Waals surface area (Å²) in [5.74, 6) is -0.0682. The molecule has 0 bridgehead atoms. The van der Waals surface area contributed by atoms with Crippen LogP contribution in [0.4, 0.5) is 5.69 Å². The lowest BCUT2D eigenvalue weighted by Crippen LogP contribution is -2.31. The molecule has 21 heavy (non-hydrogen) atoms. The number of hydrogen-bond donors (Lipinski definition) is 1. The minimum atomic E-state index is -0.0682. The maximum absolute atomic E-state index is 12.8. The first-order valence-corrected chi connectivity index (χ1v) is 7.30. The minimum Gasteiger partial charge on any atom is -0.398 e. The molecule has 2 aromatic rings. The summed E-state index contributed by atoms with van der Waals surface area (Å²) >= 11 is 5.98. The molecule has 1 saturated heterocycles. The second-order valence-electron chi connectivity index (χ2n) is 5.17. The largest absolute Gasteiger partial charge is 0.398 e. The minimum absolute atomic E-state index is 0.0598. The van der Waals surface area contributed by atoms with Gasteiger partial charge in [0.1, 0.15) is 0 Å². The van der Waals surface area contributed by atoms with Crippen LogP contribution in [0.1, 0.15) is 34.8 Å². The van der Waals surface area contributed by atoms with Gasteiger partial charge in [0, 0.05) is 29.6 Å². The van der Waals surface area contributed by atoms with E-state index < -0.39 is 0 Å². The van der Waals surface area contributed by atoms with Crippen molar-refractivity contribution in [3.63, 3.8) is 0 Å². The number of nitrogens with two attached hydrogens (primary N) is 1. The number of carbonyl (C=O) groups excluding carboxylic acids is 1. The molecule has 4 nitrogen and oxygen atoms in total. The maximum atomic E-state index is 12.8. The molecule has 1 aliphatic rings. The van der Waals surface area contributed by atoms with Crippen LogP contribution in [0.5, 0.6) is 0 Å². The van der Waals surface area contributed by atoms with E-state index in [1.807, 2.05) is 23.2 Å². The van der Waals surface area contributed by atoms with E-state index in [-0.39, 0.29) is 11.9 Å². The van der Waals surface area contributed by atoms with Crippen molar-refractivity contribution in [1.29, 1.82) is 0 Å². The van der Waals surface area contributed by atoms with Gasteiger partial charge in [-0.2, -0.15) is 0 Å². The van der Waals surface area contributed by atoms with Crippen LogP contribution in [0, 0.1) is 0 Å². The number of rotatable bonds is 2. The van der Waals surface area contributed by atoms with Crippen LogP contribution in [0.3, 0.4) is 0 Å². The molecule has 1 amide bonds. The lowest BCUT2D eigenvalue weighted by atomic mass is 10.1. The summed E-state index contributed by atoms with van der Waals surface area (Å²) in [5.41, 5.74) is 7.91. The number of likely N-dealkylation sites (tertiary alicyclic amines) is 1. The number of halogens is 1. The summed E-state index contributed by atoms with van der Waals surface area (Å²) in [6.45, 7) is 0.727. The van der Waals surface area contributed by atoms with Crippen molar-refractivity contribution < 1.29 is 4.79 Å². The second-order valence-corrected chi connectivity index (χ2v) is 5.61. The van der Waals surface area contributed by atoms with Crippen LogP contribution in [0.2, 0.25) is 5.02 Å². The highest BCUT2D eigenvalue weighted by molar-refractivity contribution is 6.31. The van der Waals surface area contributed by atoms with Crippen LogP contribution in [0.15, 0.2) is 42.7 Å². The van der Waals surface area contributed by atoms with Gasteiger partial charge in [-0.15, -0.1) is 0 Å². The lowest BCUT2D eigenvalue weighted by Gasteiger charge is -2.25. The SMILES string of the molecule is Nc1ccc(Cl)cc1C(=O)N1CCCC1c1cccnc1. The first-order chi connectivity index (χ1) is 10.2. The Hall–Kier alpha value is -2.07. The molecule has 1 unspecified atom stereocenters. The van der Waals surface area contributed by atoms with Gasteiger partial charge >= 0.3 is 0 Å². The van der Waals surface area contributed by atoms with Crippen LogP contribution in [-0.4, -0.2) is 22.3 Å². The predicted octanol–water partition coefficient (Wildman–Crippen LogP) is 3.29. The third-order valence-corrected chi connectivity index (χ3v) is 4.06. The average molecular weight is 302 g/mol. The van der Waals surface area contributed by atoms with Gasteiger partial charge in [0.05, 0.1) is 11.6 Å². The lowest BCUT2D eigenvalue weighted by molar-refractivity contribution is 0.0736. The molecular weight excluding hydrogens is 286 g/mol. The first-order valence-electron chi connectivity index (χ1n) is 6.93. The van der Waals surface area contributed by atoms with Crippen molar-refractivity contribution in [3.8, 4) is 0 Å². The summed E-state index contributed by atoms with van der Waals surface area (Å²) in [5, 5.41) is 0.518. The fourth-order valence-corrected chi connectivity index (χ4v) is 2.97. The zero-order valence-corrected chi connectivity index (χ0v) is 12.3. The fourth-order valence-electron chi connectivity index (χ4n) is 2.80. The van der Waals surface area contributed by atoms with Gasteiger partial charge in [-0.1, -0.05) is 17.7 Å². The monoisotopic (exact) mass is 301 g/mol. The smallest absolute Gasteiger partial charge is 0.256 e. The topological polar surface area (TPSA) is 59.2 Å². The highest BCUT2D eigenvalue weighted by atomic mass is 35.5. The molecule has 1 aliphatic heterocycles. The number of carbonyl (C=O) groups is 1. The van der Waals surface area contributed by atoms with E-state index in [2.05, 4.69) is 4.98 Å². The zero-order chi connectivity index (χ0) is 14.8. The Kier molecular flexibility index (Phi) is 3.80. The number of aromatic nitrogens is 1. The van der Waals surface area contributed by atoms with E-state index >= 15 is 0 Å². The van der Waals surface area contributed by atoms with E-state index in [0.29, 0.717) is 16.3 Å². The Balaban J connectivity index is 1.92. The summed E-state index contributed by atoms with van der Waals surface area (Å²) in [7, 11) is 0. The Bertz CT molecular complexity index is 660. The Morgan fingerprint density at radius 2 is 2.24 bits per heavy atom. The molecule has 1 aromatic carbocycles. The molecule has 1 atom stereocenters. The highest BCUT2D eigenvalue weighted by Crippen LogP contribution is 2.33. The maximum Gasteiger partial charge on any atom is 0.256 e. The number of nitrogens with zero attached hydrogens (tertiary/aromatic N) is 2. The van der Waals surface area contributed by atoms with Crippen molar-refractivity contribution in [2.45, 2.75) is 18.9 Å². The number of hydrogen-bond acceptors (Lipinski definition) is 3. The number of nitrogen functional groups attached to an aromatic ring is 1. The molecule has 2 N–H and O–H groups in total. The molecule has 2 heterocycles. The van der Waals surface area contributed by atoms with Crippen molar-refractivity contribution >= 4 is 23.2 Å². The molecule has 5 heteroatoms. The van der Waals surface area contributed by atoms with Gasteiger partial charge < -0.3 is 10.6 Å². The van der Waals surface area contributed by atoms with Crippen molar-refractivity contribution in [2.24, 2.45) is 0 Å². The summed E-state index contributed by atoms with van der Waals surface area (Å²) in [6.07, 6.45) is 5.47. The Labute approximate surface area is 128 Å². The molecule has 1 aromatic heterocycles. The van der Waals surface area contributed by atoms with Gasteiger partial charge in [0.25, 0.3) is 5.91 Å². The number of pyridine rings is 1. The average Bonchev–Trinajstić information content (AvgIpc) is 2.99. The van der Waals surface area contributed by atoms with Gasteiger partial charge in [0.2, 0.25) is 0 Å². The zero-order valence-electron chi connectivity index (χ0n) is 11.5. The van der Waals surface area contributed by atoms with Gasteiger partial charge in [0.15, 0.2) is 0 Å². The van der Waals surface area contributed by atoms with E-state index in [1.165, 1.54) is 0 Å². The quantitative estimate of drug-likeness (QED) is 0.866. The summed E-state index contributed by atoms with van der Waals surface area (Å²) in [4.78, 5) is 18.8.